The molecule has 2 N–H and O–H groups in total. The number of nitrogens with two attached hydrogens (primary N) is 1. The monoisotopic (exact) mass is 177 g/mol. The van der Waals surface area contributed by atoms with Crippen LogP contribution < -0.4 is 10.5 Å². The fourth-order valence-corrected chi connectivity index (χ4v) is 1.35. The Bertz CT molecular complexity index is 422. The smallest absolute Gasteiger partial charge is 0.179 e. The molecule has 0 saturated heterocycles. The lowest BCUT2D eigenvalue weighted by atomic mass is 10.4. The lowest BCUT2D eigenvalue weighted by molar-refractivity contribution is 0.417. The van der Waals surface area contributed by atoms with Crippen LogP contribution in [-0.2, 0) is 6.54 Å². The maximum absolute atomic E-state index is 5.55. The number of rotatable bonds is 2. The van der Waals surface area contributed by atoms with Gasteiger partial charge in [0.1, 0.15) is 0 Å². The molecule has 0 atom stereocenters. The minimum Gasteiger partial charge on any atom is -0.493 e. The van der Waals surface area contributed by atoms with Gasteiger partial charge in [-0.1, -0.05) is 0 Å². The van der Waals surface area contributed by atoms with E-state index < -0.39 is 0 Å². The molecular formula is C9H11N3O. The molecule has 2 heterocycles. The summed E-state index contributed by atoms with van der Waals surface area (Å²) in [5, 5.41) is 0. The summed E-state index contributed by atoms with van der Waals surface area (Å²) in [6.45, 7) is 0.480. The number of nitrogens with zero attached hydrogens (tertiary/aromatic N) is 2. The number of hydrogen-bond donors (Lipinski definition) is 1. The summed E-state index contributed by atoms with van der Waals surface area (Å²) in [7, 11) is 1.63. The summed E-state index contributed by atoms with van der Waals surface area (Å²) in [5.74, 6) is 0.766. The normalized spacial score (nSPS) is 10.6. The lowest BCUT2D eigenvalue weighted by Crippen LogP contribution is -2.00. The van der Waals surface area contributed by atoms with Gasteiger partial charge in [0.2, 0.25) is 0 Å². The second-order valence-electron chi connectivity index (χ2n) is 2.72. The van der Waals surface area contributed by atoms with Crippen molar-refractivity contribution in [2.24, 2.45) is 5.73 Å². The molecule has 0 aromatic carbocycles. The molecule has 0 radical (unpaired) electrons. The summed E-state index contributed by atoms with van der Waals surface area (Å²) in [6, 6.07) is 3.79. The maximum atomic E-state index is 5.55. The molecule has 0 aliphatic rings. The van der Waals surface area contributed by atoms with Gasteiger partial charge in [-0.05, 0) is 12.1 Å². The van der Waals surface area contributed by atoms with Crippen molar-refractivity contribution in [3.05, 3.63) is 30.2 Å². The predicted molar refractivity (Wildman–Crippen MR) is 49.6 cm³/mol. The van der Waals surface area contributed by atoms with Gasteiger partial charge in [-0.15, -0.1) is 0 Å². The molecule has 0 amide bonds. The standard InChI is InChI=1S/C9H11N3O/c1-13-8-3-2-4-12-7(5-10)6-11-9(8)12/h2-4,6H,5,10H2,1H3. The van der Waals surface area contributed by atoms with E-state index in [0.717, 1.165) is 17.1 Å². The highest BCUT2D eigenvalue weighted by Crippen LogP contribution is 2.18. The zero-order valence-corrected chi connectivity index (χ0v) is 7.40. The Labute approximate surface area is 76.0 Å². The Balaban J connectivity index is 2.72. The molecule has 4 heteroatoms. The van der Waals surface area contributed by atoms with E-state index in [1.54, 1.807) is 13.3 Å². The van der Waals surface area contributed by atoms with Crippen molar-refractivity contribution in [1.29, 1.82) is 0 Å². The molecule has 0 bridgehead atoms. The van der Waals surface area contributed by atoms with Gasteiger partial charge in [-0.3, -0.25) is 4.40 Å². The molecule has 2 aromatic rings. The van der Waals surface area contributed by atoms with E-state index in [1.807, 2.05) is 22.7 Å². The summed E-state index contributed by atoms with van der Waals surface area (Å²) >= 11 is 0. The maximum Gasteiger partial charge on any atom is 0.179 e. The van der Waals surface area contributed by atoms with E-state index in [-0.39, 0.29) is 0 Å². The minimum absolute atomic E-state index is 0.480. The Hall–Kier alpha value is -1.55. The molecule has 0 aliphatic carbocycles. The fraction of sp³-hybridized carbons (Fsp3) is 0.222. The van der Waals surface area contributed by atoms with Gasteiger partial charge in [0.05, 0.1) is 19.0 Å². The molecule has 68 valence electrons. The first-order valence-electron chi connectivity index (χ1n) is 4.06. The van der Waals surface area contributed by atoms with Gasteiger partial charge >= 0.3 is 0 Å². The molecule has 2 aromatic heterocycles. The van der Waals surface area contributed by atoms with E-state index in [0.29, 0.717) is 6.54 Å². The minimum atomic E-state index is 0.480. The van der Waals surface area contributed by atoms with Crippen molar-refractivity contribution >= 4 is 5.65 Å². The summed E-state index contributed by atoms with van der Waals surface area (Å²) < 4.78 is 7.09. The summed E-state index contributed by atoms with van der Waals surface area (Å²) in [5.41, 5.74) is 7.34. The molecule has 0 spiro atoms. The first-order chi connectivity index (χ1) is 6.36. The Kier molecular flexibility index (Phi) is 1.90. The van der Waals surface area contributed by atoms with Crippen LogP contribution in [0.4, 0.5) is 0 Å². The van der Waals surface area contributed by atoms with E-state index in [9.17, 15) is 0 Å². The highest BCUT2D eigenvalue weighted by Gasteiger charge is 2.05. The third kappa shape index (κ3) is 1.15. The average Bonchev–Trinajstić information content (AvgIpc) is 2.60. The van der Waals surface area contributed by atoms with Gasteiger partial charge in [0.25, 0.3) is 0 Å². The van der Waals surface area contributed by atoms with Gasteiger partial charge in [0, 0.05) is 12.7 Å². The van der Waals surface area contributed by atoms with Crippen molar-refractivity contribution in [3.8, 4) is 5.75 Å². The lowest BCUT2D eigenvalue weighted by Gasteiger charge is -2.02. The molecule has 4 nitrogen and oxygen atoms in total. The molecule has 13 heavy (non-hydrogen) atoms. The number of methoxy groups -OCH3 is 1. The van der Waals surface area contributed by atoms with Crippen LogP contribution in [0.25, 0.3) is 5.65 Å². The Morgan fingerprint density at radius 1 is 1.62 bits per heavy atom. The highest BCUT2D eigenvalue weighted by molar-refractivity contribution is 5.54. The quantitative estimate of drug-likeness (QED) is 0.738. The first-order valence-corrected chi connectivity index (χ1v) is 4.06. The molecule has 0 fully saturated rings. The fourth-order valence-electron chi connectivity index (χ4n) is 1.35. The van der Waals surface area contributed by atoms with Crippen LogP contribution in [-0.4, -0.2) is 16.5 Å². The Morgan fingerprint density at radius 3 is 3.15 bits per heavy atom. The highest BCUT2D eigenvalue weighted by atomic mass is 16.5. The zero-order valence-electron chi connectivity index (χ0n) is 7.40. The number of pyridine rings is 1. The van der Waals surface area contributed by atoms with Crippen molar-refractivity contribution in [2.45, 2.75) is 6.54 Å². The summed E-state index contributed by atoms with van der Waals surface area (Å²) in [4.78, 5) is 4.22. The van der Waals surface area contributed by atoms with Crippen LogP contribution in [0.2, 0.25) is 0 Å². The van der Waals surface area contributed by atoms with Crippen molar-refractivity contribution in [3.63, 3.8) is 0 Å². The molecule has 0 aliphatic heterocycles. The second kappa shape index (κ2) is 3.06. The van der Waals surface area contributed by atoms with E-state index in [1.165, 1.54) is 0 Å². The van der Waals surface area contributed by atoms with Crippen LogP contribution in [0.15, 0.2) is 24.5 Å². The third-order valence-electron chi connectivity index (χ3n) is 2.01. The Morgan fingerprint density at radius 2 is 2.46 bits per heavy atom. The number of imidazole rings is 1. The van der Waals surface area contributed by atoms with Crippen LogP contribution in [0.5, 0.6) is 5.75 Å². The topological polar surface area (TPSA) is 52.5 Å². The van der Waals surface area contributed by atoms with Crippen molar-refractivity contribution in [2.75, 3.05) is 7.11 Å². The van der Waals surface area contributed by atoms with Crippen LogP contribution >= 0.6 is 0 Å². The van der Waals surface area contributed by atoms with Crippen LogP contribution in [0.3, 0.4) is 0 Å². The average molecular weight is 177 g/mol. The van der Waals surface area contributed by atoms with Gasteiger partial charge in [-0.2, -0.15) is 0 Å². The number of ether oxygens (including phenoxy) is 1. The number of hydrogen-bond acceptors (Lipinski definition) is 3. The van der Waals surface area contributed by atoms with Gasteiger partial charge in [0.15, 0.2) is 11.4 Å². The largest absolute Gasteiger partial charge is 0.493 e. The number of aromatic nitrogens is 2. The van der Waals surface area contributed by atoms with Gasteiger partial charge < -0.3 is 10.5 Å². The van der Waals surface area contributed by atoms with Crippen LogP contribution in [0, 0.1) is 0 Å². The molecule has 2 rings (SSSR count). The second-order valence-corrected chi connectivity index (χ2v) is 2.72. The number of fused-ring (bicyclic) bond motifs is 1. The molecule has 0 saturated carbocycles. The van der Waals surface area contributed by atoms with Crippen molar-refractivity contribution in [1.82, 2.24) is 9.38 Å². The zero-order chi connectivity index (χ0) is 9.26. The third-order valence-corrected chi connectivity index (χ3v) is 2.01. The van der Waals surface area contributed by atoms with Gasteiger partial charge in [-0.25, -0.2) is 4.98 Å². The van der Waals surface area contributed by atoms with E-state index in [2.05, 4.69) is 4.98 Å². The summed E-state index contributed by atoms with van der Waals surface area (Å²) in [6.07, 6.45) is 3.69. The van der Waals surface area contributed by atoms with Crippen LogP contribution in [0.1, 0.15) is 5.69 Å². The predicted octanol–water partition coefficient (Wildman–Crippen LogP) is 0.802. The van der Waals surface area contributed by atoms with Crippen molar-refractivity contribution < 1.29 is 4.74 Å². The molecular weight excluding hydrogens is 166 g/mol. The molecule has 0 unspecified atom stereocenters. The van der Waals surface area contributed by atoms with E-state index >= 15 is 0 Å². The first kappa shape index (κ1) is 8.07. The van der Waals surface area contributed by atoms with E-state index in [4.69, 9.17) is 10.5 Å². The SMILES string of the molecule is COc1cccn2c(CN)cnc12.